The topological polar surface area (TPSA) is 115 Å². The highest BCUT2D eigenvalue weighted by atomic mass is 35.5. The van der Waals surface area contributed by atoms with Gasteiger partial charge in [0.1, 0.15) is 0 Å². The van der Waals surface area contributed by atoms with E-state index in [2.05, 4.69) is 26.9 Å². The number of carbonyl (C=O) groups excluding carboxylic acids is 2. The Morgan fingerprint density at radius 2 is 1.51 bits per heavy atom. The number of anilines is 2. The maximum Gasteiger partial charge on any atom is 0.256 e. The van der Waals surface area contributed by atoms with Crippen LogP contribution in [0.2, 0.25) is 5.02 Å². The fourth-order valence-electron chi connectivity index (χ4n) is 5.39. The van der Waals surface area contributed by atoms with Crippen LogP contribution >= 0.6 is 11.6 Å². The van der Waals surface area contributed by atoms with Gasteiger partial charge in [0.05, 0.1) is 40.4 Å². The molecule has 2 aromatic carbocycles. The molecule has 2 N–H and O–H groups in total. The van der Waals surface area contributed by atoms with E-state index in [0.29, 0.717) is 23.0 Å². The third kappa shape index (κ3) is 11.8. The van der Waals surface area contributed by atoms with Crippen LogP contribution in [0, 0.1) is 6.57 Å². The van der Waals surface area contributed by atoms with E-state index in [1.165, 1.54) is 100 Å². The predicted molar refractivity (Wildman–Crippen MR) is 184 cm³/mol. The molecule has 9 nitrogen and oxygen atoms in total. The van der Waals surface area contributed by atoms with Crippen molar-refractivity contribution in [2.24, 2.45) is 0 Å². The first-order valence-electron chi connectivity index (χ1n) is 16.1. The molecule has 1 aromatic heterocycles. The Morgan fingerprint density at radius 3 is 2.09 bits per heavy atom. The molecule has 3 aromatic rings. The van der Waals surface area contributed by atoms with Gasteiger partial charge in [-0.25, -0.2) is 17.9 Å². The number of carbonyl (C=O) groups is 2. The SMILES string of the molecule is [C-]#[N+]c1ccc2c(cnn2C(C(C)=O)C(=O)Nc2cc(NS(=O)(=O)CCCCCCCCCCCCCCCC)ccc2Cl)c1. The van der Waals surface area contributed by atoms with Crippen LogP contribution in [-0.2, 0) is 19.6 Å². The molecule has 0 saturated carbocycles. The summed E-state index contributed by atoms with van der Waals surface area (Å²) in [5.41, 5.74) is 1.36. The minimum Gasteiger partial charge on any atom is -0.322 e. The molecule has 11 heteroatoms. The Labute approximate surface area is 273 Å². The molecule has 1 atom stereocenters. The number of unbranched alkanes of at least 4 members (excludes halogenated alkanes) is 13. The van der Waals surface area contributed by atoms with Gasteiger partial charge < -0.3 is 5.32 Å². The van der Waals surface area contributed by atoms with Crippen LogP contribution in [0.5, 0.6) is 0 Å². The molecule has 1 amide bonds. The normalized spacial score (nSPS) is 12.1. The highest BCUT2D eigenvalue weighted by molar-refractivity contribution is 7.92. The van der Waals surface area contributed by atoms with Crippen molar-refractivity contribution in [3.05, 3.63) is 59.0 Å². The molecule has 1 heterocycles. The lowest BCUT2D eigenvalue weighted by atomic mass is 10.0. The predicted octanol–water partition coefficient (Wildman–Crippen LogP) is 9.23. The van der Waals surface area contributed by atoms with Gasteiger partial charge in [-0.05, 0) is 43.7 Å². The van der Waals surface area contributed by atoms with Crippen molar-refractivity contribution in [2.45, 2.75) is 110 Å². The van der Waals surface area contributed by atoms with E-state index >= 15 is 0 Å². The number of halogens is 1. The van der Waals surface area contributed by atoms with Crippen molar-refractivity contribution in [1.29, 1.82) is 0 Å². The van der Waals surface area contributed by atoms with Gasteiger partial charge >= 0.3 is 0 Å². The first-order chi connectivity index (χ1) is 21.6. The highest BCUT2D eigenvalue weighted by Crippen LogP contribution is 2.29. The summed E-state index contributed by atoms with van der Waals surface area (Å²) in [6.45, 7) is 10.7. The van der Waals surface area contributed by atoms with Gasteiger partial charge in [-0.3, -0.25) is 14.3 Å². The highest BCUT2D eigenvalue weighted by Gasteiger charge is 2.28. The molecule has 45 heavy (non-hydrogen) atoms. The van der Waals surface area contributed by atoms with E-state index in [0.717, 1.165) is 19.3 Å². The lowest BCUT2D eigenvalue weighted by Gasteiger charge is -2.17. The van der Waals surface area contributed by atoms with Crippen LogP contribution in [0.15, 0.2) is 42.6 Å². The molecule has 0 fully saturated rings. The number of nitrogens with one attached hydrogen (secondary N) is 2. The summed E-state index contributed by atoms with van der Waals surface area (Å²) in [4.78, 5) is 29.2. The number of Topliss-reactive ketones (excluding diaryl/α,β-unsaturated/α-hetero) is 1. The minimum absolute atomic E-state index is 0.00332. The van der Waals surface area contributed by atoms with Gasteiger partial charge in [0.2, 0.25) is 10.0 Å². The number of amides is 1. The number of nitrogens with zero attached hydrogens (tertiary/aromatic N) is 3. The van der Waals surface area contributed by atoms with Crippen LogP contribution < -0.4 is 10.0 Å². The first kappa shape index (κ1) is 36.1. The molecule has 3 rings (SSSR count). The number of hydrogen-bond acceptors (Lipinski definition) is 5. The summed E-state index contributed by atoms with van der Waals surface area (Å²) in [6, 6.07) is 8.01. The summed E-state index contributed by atoms with van der Waals surface area (Å²) in [6.07, 6.45) is 18.2. The van der Waals surface area contributed by atoms with Crippen molar-refractivity contribution >= 4 is 61.3 Å². The van der Waals surface area contributed by atoms with E-state index in [1.807, 2.05) is 0 Å². The maximum absolute atomic E-state index is 13.3. The monoisotopic (exact) mass is 655 g/mol. The van der Waals surface area contributed by atoms with E-state index in [4.69, 9.17) is 18.2 Å². The Kier molecular flexibility index (Phi) is 14.8. The van der Waals surface area contributed by atoms with Gasteiger partial charge in [0.25, 0.3) is 5.91 Å². The Balaban J connectivity index is 1.46. The Morgan fingerprint density at radius 1 is 0.911 bits per heavy atom. The molecule has 244 valence electrons. The van der Waals surface area contributed by atoms with Crippen molar-refractivity contribution < 1.29 is 18.0 Å². The number of benzene rings is 2. The molecule has 0 spiro atoms. The number of hydrogen-bond donors (Lipinski definition) is 2. The van der Waals surface area contributed by atoms with Gasteiger partial charge in [-0.15, -0.1) is 0 Å². The molecule has 0 saturated heterocycles. The molecule has 0 aliphatic rings. The molecule has 0 aliphatic carbocycles. The van der Waals surface area contributed by atoms with Crippen LogP contribution in [-0.4, -0.2) is 35.6 Å². The molecule has 0 aliphatic heterocycles. The largest absolute Gasteiger partial charge is 0.322 e. The van der Waals surface area contributed by atoms with Crippen molar-refractivity contribution in [2.75, 3.05) is 15.8 Å². The summed E-state index contributed by atoms with van der Waals surface area (Å²) in [7, 11) is -3.60. The Hall–Kier alpha value is -3.42. The van der Waals surface area contributed by atoms with Gasteiger partial charge in [-0.2, -0.15) is 5.10 Å². The zero-order chi connectivity index (χ0) is 32.7. The Bertz CT molecular complexity index is 1560. The lowest BCUT2D eigenvalue weighted by molar-refractivity contribution is -0.129. The number of ketones is 1. The average molecular weight is 656 g/mol. The standard InChI is InChI=1S/C34H46ClN5O4S/c1-4-5-6-7-8-9-10-11-12-13-14-15-16-17-22-45(43,44)39-29-18-20-30(35)31(24-29)38-34(42)33(26(2)41)40-32-21-19-28(36-3)23-27(32)25-37-40/h18-21,23-25,33,39H,4-17,22H2,1-2H3,(H,38,42). The van der Waals surface area contributed by atoms with Crippen LogP contribution in [0.3, 0.4) is 0 Å². The van der Waals surface area contributed by atoms with Gasteiger partial charge in [0.15, 0.2) is 17.5 Å². The van der Waals surface area contributed by atoms with E-state index in [-0.39, 0.29) is 22.2 Å². The van der Waals surface area contributed by atoms with Crippen LogP contribution in [0.1, 0.15) is 110 Å². The van der Waals surface area contributed by atoms with E-state index < -0.39 is 27.8 Å². The van der Waals surface area contributed by atoms with Crippen molar-refractivity contribution in [3.63, 3.8) is 0 Å². The van der Waals surface area contributed by atoms with E-state index in [1.54, 1.807) is 18.2 Å². The fourth-order valence-corrected chi connectivity index (χ4v) is 6.72. The summed E-state index contributed by atoms with van der Waals surface area (Å²) >= 11 is 6.32. The molecule has 0 radical (unpaired) electrons. The maximum atomic E-state index is 13.3. The van der Waals surface area contributed by atoms with Gasteiger partial charge in [-0.1, -0.05) is 108 Å². The average Bonchev–Trinajstić information content (AvgIpc) is 3.41. The molecular formula is C34H46ClN5O4S. The third-order valence-electron chi connectivity index (χ3n) is 7.85. The first-order valence-corrected chi connectivity index (χ1v) is 18.1. The van der Waals surface area contributed by atoms with Crippen molar-refractivity contribution in [3.8, 4) is 0 Å². The third-order valence-corrected chi connectivity index (χ3v) is 9.55. The molecular weight excluding hydrogens is 610 g/mol. The number of rotatable bonds is 21. The minimum atomic E-state index is -3.60. The second-order valence-corrected chi connectivity index (χ2v) is 13.9. The van der Waals surface area contributed by atoms with Crippen LogP contribution in [0.4, 0.5) is 17.1 Å². The smallest absolute Gasteiger partial charge is 0.256 e. The fraction of sp³-hybridized carbons (Fsp3) is 0.529. The molecule has 1 unspecified atom stereocenters. The number of sulfonamides is 1. The van der Waals surface area contributed by atoms with Crippen LogP contribution in [0.25, 0.3) is 15.7 Å². The van der Waals surface area contributed by atoms with E-state index in [9.17, 15) is 18.0 Å². The zero-order valence-corrected chi connectivity index (χ0v) is 28.1. The quantitative estimate of drug-likeness (QED) is 0.0674. The number of aromatic nitrogens is 2. The second-order valence-electron chi connectivity index (χ2n) is 11.7. The second kappa shape index (κ2) is 18.5. The summed E-state index contributed by atoms with van der Waals surface area (Å²) < 4.78 is 29.4. The zero-order valence-electron chi connectivity index (χ0n) is 26.5. The van der Waals surface area contributed by atoms with Crippen molar-refractivity contribution in [1.82, 2.24) is 9.78 Å². The lowest BCUT2D eigenvalue weighted by Crippen LogP contribution is -2.32. The number of fused-ring (bicyclic) bond motifs is 1. The summed E-state index contributed by atoms with van der Waals surface area (Å²) in [5, 5.41) is 7.69. The van der Waals surface area contributed by atoms with Gasteiger partial charge in [0, 0.05) is 5.39 Å². The summed E-state index contributed by atoms with van der Waals surface area (Å²) in [5.74, 6) is -1.12. The molecule has 0 bridgehead atoms.